The van der Waals surface area contributed by atoms with Crippen LogP contribution >= 0.6 is 0 Å². The van der Waals surface area contributed by atoms with Crippen LogP contribution in [0.5, 0.6) is 0 Å². The standard InChI is InChI=1S/C9H12O/c1-7-2-3-8-5-10-6-9(8)4-7/h2-4,7-8H,5-6H2,1H3/t7?,8-/m0/s1. The Morgan fingerprint density at radius 1 is 1.50 bits per heavy atom. The molecule has 0 bridgehead atoms. The van der Waals surface area contributed by atoms with Crippen molar-refractivity contribution in [1.29, 1.82) is 0 Å². The van der Waals surface area contributed by atoms with Gasteiger partial charge in [0.1, 0.15) is 0 Å². The van der Waals surface area contributed by atoms with Crippen LogP contribution in [0, 0.1) is 11.8 Å². The molecule has 1 fully saturated rings. The predicted molar refractivity (Wildman–Crippen MR) is 40.7 cm³/mol. The van der Waals surface area contributed by atoms with Gasteiger partial charge in [-0.3, -0.25) is 0 Å². The normalized spacial score (nSPS) is 37.5. The van der Waals surface area contributed by atoms with E-state index in [1.54, 1.807) is 0 Å². The largest absolute Gasteiger partial charge is 0.376 e. The van der Waals surface area contributed by atoms with Gasteiger partial charge in [0.05, 0.1) is 13.2 Å². The molecular weight excluding hydrogens is 124 g/mol. The van der Waals surface area contributed by atoms with Gasteiger partial charge in [-0.1, -0.05) is 25.2 Å². The summed E-state index contributed by atoms with van der Waals surface area (Å²) >= 11 is 0. The second kappa shape index (κ2) is 2.24. The summed E-state index contributed by atoms with van der Waals surface area (Å²) in [6.07, 6.45) is 6.84. The summed E-state index contributed by atoms with van der Waals surface area (Å²) in [4.78, 5) is 0. The van der Waals surface area contributed by atoms with Gasteiger partial charge in [-0.05, 0) is 11.5 Å². The molecule has 0 amide bonds. The summed E-state index contributed by atoms with van der Waals surface area (Å²) in [5.74, 6) is 1.23. The maximum Gasteiger partial charge on any atom is 0.0684 e. The van der Waals surface area contributed by atoms with E-state index in [1.807, 2.05) is 0 Å². The van der Waals surface area contributed by atoms with Crippen LogP contribution in [0.25, 0.3) is 0 Å². The molecular formula is C9H12O. The van der Waals surface area contributed by atoms with E-state index in [9.17, 15) is 0 Å². The molecule has 0 saturated carbocycles. The summed E-state index contributed by atoms with van der Waals surface area (Å²) in [5, 5.41) is 0. The molecule has 0 spiro atoms. The van der Waals surface area contributed by atoms with E-state index in [0.29, 0.717) is 11.8 Å². The Bertz CT molecular complexity index is 191. The number of hydrogen-bond donors (Lipinski definition) is 0. The maximum absolute atomic E-state index is 5.32. The number of rotatable bonds is 0. The highest BCUT2D eigenvalue weighted by atomic mass is 16.5. The molecule has 1 heteroatoms. The Kier molecular flexibility index (Phi) is 1.38. The van der Waals surface area contributed by atoms with E-state index in [2.05, 4.69) is 25.2 Å². The predicted octanol–water partition coefficient (Wildman–Crippen LogP) is 1.77. The van der Waals surface area contributed by atoms with Crippen molar-refractivity contribution in [2.75, 3.05) is 13.2 Å². The van der Waals surface area contributed by atoms with Crippen LogP contribution in [0.1, 0.15) is 6.92 Å². The first-order valence-corrected chi connectivity index (χ1v) is 3.83. The van der Waals surface area contributed by atoms with Gasteiger partial charge in [0.2, 0.25) is 0 Å². The fourth-order valence-electron chi connectivity index (χ4n) is 1.57. The van der Waals surface area contributed by atoms with Crippen molar-refractivity contribution in [3.05, 3.63) is 23.8 Å². The van der Waals surface area contributed by atoms with Gasteiger partial charge in [0, 0.05) is 5.92 Å². The highest BCUT2D eigenvalue weighted by Crippen LogP contribution is 2.27. The number of hydrogen-bond acceptors (Lipinski definition) is 1. The van der Waals surface area contributed by atoms with Gasteiger partial charge >= 0.3 is 0 Å². The lowest BCUT2D eigenvalue weighted by Gasteiger charge is -2.12. The number of allylic oxidation sites excluding steroid dienone is 2. The number of ether oxygens (including phenoxy) is 1. The summed E-state index contributed by atoms with van der Waals surface area (Å²) in [7, 11) is 0. The van der Waals surface area contributed by atoms with Gasteiger partial charge in [-0.15, -0.1) is 0 Å². The zero-order valence-corrected chi connectivity index (χ0v) is 6.21. The van der Waals surface area contributed by atoms with Crippen molar-refractivity contribution in [3.63, 3.8) is 0 Å². The molecule has 1 nitrogen and oxygen atoms in total. The van der Waals surface area contributed by atoms with Gasteiger partial charge in [-0.2, -0.15) is 0 Å². The SMILES string of the molecule is CC1C=C[C@H]2COCC2=C1. The first kappa shape index (κ1) is 6.17. The van der Waals surface area contributed by atoms with E-state index in [4.69, 9.17) is 4.74 Å². The quantitative estimate of drug-likeness (QED) is 0.461. The molecule has 54 valence electrons. The summed E-state index contributed by atoms with van der Waals surface area (Å²) in [6.45, 7) is 3.96. The van der Waals surface area contributed by atoms with Crippen molar-refractivity contribution < 1.29 is 4.74 Å². The van der Waals surface area contributed by atoms with E-state index in [-0.39, 0.29) is 0 Å². The zero-order valence-electron chi connectivity index (χ0n) is 6.21. The minimum absolute atomic E-state index is 0.608. The van der Waals surface area contributed by atoms with E-state index >= 15 is 0 Å². The monoisotopic (exact) mass is 136 g/mol. The Balaban J connectivity index is 2.22. The maximum atomic E-state index is 5.32. The second-order valence-corrected chi connectivity index (χ2v) is 3.11. The average Bonchev–Trinajstić information content (AvgIpc) is 2.33. The molecule has 0 aromatic carbocycles. The fourth-order valence-corrected chi connectivity index (χ4v) is 1.57. The van der Waals surface area contributed by atoms with E-state index in [1.165, 1.54) is 5.57 Å². The van der Waals surface area contributed by atoms with Crippen LogP contribution in [-0.4, -0.2) is 13.2 Å². The summed E-state index contributed by atoms with van der Waals surface area (Å²) in [6, 6.07) is 0. The third-order valence-electron chi connectivity index (χ3n) is 2.17. The second-order valence-electron chi connectivity index (χ2n) is 3.11. The Hall–Kier alpha value is -0.560. The average molecular weight is 136 g/mol. The van der Waals surface area contributed by atoms with Crippen LogP contribution in [-0.2, 0) is 4.74 Å². The van der Waals surface area contributed by atoms with Crippen LogP contribution in [0.15, 0.2) is 23.8 Å². The molecule has 2 rings (SSSR count). The third kappa shape index (κ3) is 0.907. The lowest BCUT2D eigenvalue weighted by Crippen LogP contribution is -2.04. The Morgan fingerprint density at radius 2 is 2.40 bits per heavy atom. The van der Waals surface area contributed by atoms with E-state index < -0.39 is 0 Å². The Morgan fingerprint density at radius 3 is 3.30 bits per heavy atom. The first-order chi connectivity index (χ1) is 4.86. The molecule has 1 aliphatic heterocycles. The van der Waals surface area contributed by atoms with Gasteiger partial charge in [-0.25, -0.2) is 0 Å². The van der Waals surface area contributed by atoms with Gasteiger partial charge in [0.25, 0.3) is 0 Å². The highest BCUT2D eigenvalue weighted by molar-refractivity contribution is 5.24. The van der Waals surface area contributed by atoms with Crippen molar-refractivity contribution in [2.45, 2.75) is 6.92 Å². The van der Waals surface area contributed by atoms with Crippen LogP contribution in [0.2, 0.25) is 0 Å². The molecule has 10 heavy (non-hydrogen) atoms. The summed E-state index contributed by atoms with van der Waals surface area (Å²) in [5.41, 5.74) is 1.48. The zero-order chi connectivity index (χ0) is 6.97. The smallest absolute Gasteiger partial charge is 0.0684 e. The molecule has 1 unspecified atom stereocenters. The fraction of sp³-hybridized carbons (Fsp3) is 0.556. The van der Waals surface area contributed by atoms with Crippen LogP contribution in [0.4, 0.5) is 0 Å². The first-order valence-electron chi connectivity index (χ1n) is 3.83. The molecule has 1 saturated heterocycles. The summed E-state index contributed by atoms with van der Waals surface area (Å²) < 4.78 is 5.32. The topological polar surface area (TPSA) is 9.23 Å². The van der Waals surface area contributed by atoms with Crippen molar-refractivity contribution in [2.24, 2.45) is 11.8 Å². The van der Waals surface area contributed by atoms with Crippen molar-refractivity contribution in [3.8, 4) is 0 Å². The third-order valence-corrected chi connectivity index (χ3v) is 2.17. The molecule has 0 radical (unpaired) electrons. The minimum Gasteiger partial charge on any atom is -0.376 e. The minimum atomic E-state index is 0.608. The molecule has 0 N–H and O–H groups in total. The lowest BCUT2D eigenvalue weighted by molar-refractivity contribution is 0.195. The molecule has 2 aliphatic rings. The molecule has 1 heterocycles. The van der Waals surface area contributed by atoms with E-state index in [0.717, 1.165) is 13.2 Å². The van der Waals surface area contributed by atoms with Crippen molar-refractivity contribution >= 4 is 0 Å². The van der Waals surface area contributed by atoms with Crippen LogP contribution < -0.4 is 0 Å². The van der Waals surface area contributed by atoms with Crippen molar-refractivity contribution in [1.82, 2.24) is 0 Å². The lowest BCUT2D eigenvalue weighted by atomic mass is 9.92. The molecule has 0 aromatic heterocycles. The molecule has 2 atom stereocenters. The number of fused-ring (bicyclic) bond motifs is 1. The molecule has 0 aromatic rings. The Labute approximate surface area is 61.4 Å². The van der Waals surface area contributed by atoms with Crippen LogP contribution in [0.3, 0.4) is 0 Å². The molecule has 1 aliphatic carbocycles. The highest BCUT2D eigenvalue weighted by Gasteiger charge is 2.21. The van der Waals surface area contributed by atoms with Gasteiger partial charge in [0.15, 0.2) is 0 Å². The van der Waals surface area contributed by atoms with Gasteiger partial charge < -0.3 is 4.74 Å².